The number of aromatic nitrogens is 2. The fraction of sp³-hybridized carbons (Fsp3) is 0.250. The van der Waals surface area contributed by atoms with Gasteiger partial charge in [-0.25, -0.2) is 4.79 Å². The van der Waals surface area contributed by atoms with Gasteiger partial charge in [0.15, 0.2) is 12.7 Å². The molecule has 0 bridgehead atoms. The molecule has 0 aliphatic heterocycles. The Hall–Kier alpha value is -3.75. The third-order valence-electron chi connectivity index (χ3n) is 4.26. The van der Waals surface area contributed by atoms with Crippen molar-refractivity contribution in [3.8, 4) is 17.2 Å². The molecule has 0 saturated heterocycles. The molecule has 3 rings (SSSR count). The molecule has 0 fully saturated rings. The molecule has 9 nitrogen and oxygen atoms in total. The first-order valence-electron chi connectivity index (χ1n) is 8.81. The molecule has 1 aromatic heterocycles. The molecule has 0 unspecified atom stereocenters. The van der Waals surface area contributed by atoms with Crippen molar-refractivity contribution in [2.24, 2.45) is 0 Å². The average Bonchev–Trinajstić information content (AvgIpc) is 3.19. The Balaban J connectivity index is 1.57. The number of carbonyl (C=O) groups is 1. The number of benzene rings is 2. The van der Waals surface area contributed by atoms with E-state index in [0.29, 0.717) is 11.3 Å². The maximum atomic E-state index is 12.0. The normalized spacial score (nSPS) is 11.7. The van der Waals surface area contributed by atoms with Crippen LogP contribution in [0.1, 0.15) is 30.0 Å². The van der Waals surface area contributed by atoms with Crippen molar-refractivity contribution in [2.45, 2.75) is 26.9 Å². The summed E-state index contributed by atoms with van der Waals surface area (Å²) in [7, 11) is 0. The number of carbonyl (C=O) groups excluding carboxylic acids is 1. The maximum absolute atomic E-state index is 12.0. The topological polar surface area (TPSA) is 118 Å². The van der Waals surface area contributed by atoms with E-state index in [-0.39, 0.29) is 24.1 Å². The summed E-state index contributed by atoms with van der Waals surface area (Å²) in [5.41, 5.74) is 2.67. The second kappa shape index (κ2) is 8.51. The number of hydrogen-bond donors (Lipinski definition) is 0. The Morgan fingerprint density at radius 3 is 2.52 bits per heavy atom. The molecule has 150 valence electrons. The van der Waals surface area contributed by atoms with Crippen molar-refractivity contribution in [1.82, 2.24) is 10.2 Å². The van der Waals surface area contributed by atoms with Gasteiger partial charge in [-0.2, -0.15) is 0 Å². The molecular formula is C20H19N3O6. The first-order valence-corrected chi connectivity index (χ1v) is 8.81. The molecular weight excluding hydrogens is 378 g/mol. The van der Waals surface area contributed by atoms with Crippen molar-refractivity contribution in [3.63, 3.8) is 0 Å². The van der Waals surface area contributed by atoms with Crippen LogP contribution in [0.25, 0.3) is 11.5 Å². The number of esters is 1. The summed E-state index contributed by atoms with van der Waals surface area (Å²) in [6, 6.07) is 11.2. The highest BCUT2D eigenvalue weighted by Crippen LogP contribution is 2.24. The molecule has 0 aliphatic rings. The van der Waals surface area contributed by atoms with Crippen LogP contribution in [-0.4, -0.2) is 27.7 Å². The van der Waals surface area contributed by atoms with Gasteiger partial charge in [0.1, 0.15) is 5.75 Å². The second-order valence-corrected chi connectivity index (χ2v) is 6.42. The molecule has 9 heteroatoms. The summed E-state index contributed by atoms with van der Waals surface area (Å²) in [6.45, 7) is 5.29. The molecule has 0 spiro atoms. The largest absolute Gasteiger partial charge is 0.482 e. The highest BCUT2D eigenvalue weighted by molar-refractivity contribution is 5.71. The minimum Gasteiger partial charge on any atom is -0.482 e. The second-order valence-electron chi connectivity index (χ2n) is 6.42. The number of aryl methyl sites for hydroxylation is 2. The Kier molecular flexibility index (Phi) is 5.87. The molecule has 29 heavy (non-hydrogen) atoms. The SMILES string of the molecule is Cc1ccc(OCC(=O)O[C@@H](C)c2nnc(-c3ccc([N+](=O)[O-])cc3)o2)cc1C. The number of hydrogen-bond acceptors (Lipinski definition) is 8. The van der Waals surface area contributed by atoms with Gasteiger partial charge in [0.25, 0.3) is 11.6 Å². The summed E-state index contributed by atoms with van der Waals surface area (Å²) in [5, 5.41) is 18.5. The predicted molar refractivity (Wildman–Crippen MR) is 102 cm³/mol. The highest BCUT2D eigenvalue weighted by atomic mass is 16.6. The first-order chi connectivity index (χ1) is 13.8. The molecule has 0 N–H and O–H groups in total. The van der Waals surface area contributed by atoms with Gasteiger partial charge in [0.05, 0.1) is 4.92 Å². The molecule has 0 aliphatic carbocycles. The number of nitrogens with zero attached hydrogens (tertiary/aromatic N) is 3. The van der Waals surface area contributed by atoms with Crippen LogP contribution >= 0.6 is 0 Å². The standard InChI is InChI=1S/C20H19N3O6/c1-12-4-9-17(10-13(12)2)27-11-18(24)28-14(3)19-21-22-20(29-19)15-5-7-16(8-6-15)23(25)26/h4-10,14H,11H2,1-3H3/t14-/m0/s1. The summed E-state index contributed by atoms with van der Waals surface area (Å²) in [4.78, 5) is 22.2. The monoisotopic (exact) mass is 397 g/mol. The van der Waals surface area contributed by atoms with Gasteiger partial charge < -0.3 is 13.9 Å². The predicted octanol–water partition coefficient (Wildman–Crippen LogP) is 3.94. The van der Waals surface area contributed by atoms with Crippen molar-refractivity contribution in [1.29, 1.82) is 0 Å². The molecule has 0 saturated carbocycles. The Labute approximate surface area is 166 Å². The lowest BCUT2D eigenvalue weighted by Gasteiger charge is -2.11. The van der Waals surface area contributed by atoms with Gasteiger partial charge in [-0.3, -0.25) is 10.1 Å². The van der Waals surface area contributed by atoms with Crippen molar-refractivity contribution in [3.05, 3.63) is 69.6 Å². The summed E-state index contributed by atoms with van der Waals surface area (Å²) in [5.74, 6) is 0.281. The molecule has 0 amide bonds. The van der Waals surface area contributed by atoms with E-state index in [1.165, 1.54) is 24.3 Å². The van der Waals surface area contributed by atoms with E-state index in [2.05, 4.69) is 10.2 Å². The van der Waals surface area contributed by atoms with E-state index in [9.17, 15) is 14.9 Å². The van der Waals surface area contributed by atoms with Crippen molar-refractivity contribution >= 4 is 11.7 Å². The summed E-state index contributed by atoms with van der Waals surface area (Å²) in [6.07, 6.45) is -0.773. The van der Waals surface area contributed by atoms with Crippen molar-refractivity contribution in [2.75, 3.05) is 6.61 Å². The lowest BCUT2D eigenvalue weighted by atomic mass is 10.1. The molecule has 0 radical (unpaired) electrons. The quantitative estimate of drug-likeness (QED) is 0.334. The Morgan fingerprint density at radius 1 is 1.14 bits per heavy atom. The molecule has 1 heterocycles. The van der Waals surface area contributed by atoms with E-state index in [1.807, 2.05) is 26.0 Å². The fourth-order valence-corrected chi connectivity index (χ4v) is 2.47. The summed E-state index contributed by atoms with van der Waals surface area (Å²) >= 11 is 0. The van der Waals surface area contributed by atoms with E-state index < -0.39 is 17.0 Å². The number of rotatable bonds is 7. The zero-order chi connectivity index (χ0) is 21.0. The van der Waals surface area contributed by atoms with Crippen LogP contribution in [0.5, 0.6) is 5.75 Å². The van der Waals surface area contributed by atoms with Crippen LogP contribution in [0.15, 0.2) is 46.9 Å². The van der Waals surface area contributed by atoms with Crippen LogP contribution < -0.4 is 4.74 Å². The van der Waals surface area contributed by atoms with Gasteiger partial charge >= 0.3 is 5.97 Å². The van der Waals surface area contributed by atoms with E-state index in [1.54, 1.807) is 13.0 Å². The molecule has 2 aromatic carbocycles. The van der Waals surface area contributed by atoms with Gasteiger partial charge in [0, 0.05) is 17.7 Å². The van der Waals surface area contributed by atoms with Crippen LogP contribution in [0.2, 0.25) is 0 Å². The Morgan fingerprint density at radius 2 is 1.86 bits per heavy atom. The number of non-ortho nitro benzene ring substituents is 1. The van der Waals surface area contributed by atoms with E-state index in [4.69, 9.17) is 13.9 Å². The lowest BCUT2D eigenvalue weighted by molar-refractivity contribution is -0.384. The third-order valence-corrected chi connectivity index (χ3v) is 4.26. The van der Waals surface area contributed by atoms with Crippen molar-refractivity contribution < 1.29 is 23.6 Å². The third kappa shape index (κ3) is 4.95. The Bertz CT molecular complexity index is 1030. The molecule has 1 atom stereocenters. The zero-order valence-corrected chi connectivity index (χ0v) is 16.1. The van der Waals surface area contributed by atoms with Gasteiger partial charge in [-0.05, 0) is 56.2 Å². The fourth-order valence-electron chi connectivity index (χ4n) is 2.47. The molecule has 3 aromatic rings. The van der Waals surface area contributed by atoms with Crippen LogP contribution in [0, 0.1) is 24.0 Å². The van der Waals surface area contributed by atoms with Gasteiger partial charge in [-0.1, -0.05) is 6.07 Å². The van der Waals surface area contributed by atoms with Crippen LogP contribution in [0.4, 0.5) is 5.69 Å². The zero-order valence-electron chi connectivity index (χ0n) is 16.1. The number of nitro groups is 1. The number of nitro benzene ring substituents is 1. The number of ether oxygens (including phenoxy) is 2. The summed E-state index contributed by atoms with van der Waals surface area (Å²) < 4.78 is 16.2. The minimum absolute atomic E-state index is 0.0421. The van der Waals surface area contributed by atoms with Crippen LogP contribution in [-0.2, 0) is 9.53 Å². The van der Waals surface area contributed by atoms with Gasteiger partial charge in [0.2, 0.25) is 5.89 Å². The van der Waals surface area contributed by atoms with E-state index >= 15 is 0 Å². The average molecular weight is 397 g/mol. The highest BCUT2D eigenvalue weighted by Gasteiger charge is 2.20. The van der Waals surface area contributed by atoms with E-state index in [0.717, 1.165) is 11.1 Å². The lowest BCUT2D eigenvalue weighted by Crippen LogP contribution is -2.17. The van der Waals surface area contributed by atoms with Crippen LogP contribution in [0.3, 0.4) is 0 Å². The smallest absolute Gasteiger partial charge is 0.344 e. The minimum atomic E-state index is -0.773. The first kappa shape index (κ1) is 20.0. The maximum Gasteiger partial charge on any atom is 0.344 e. The van der Waals surface area contributed by atoms with Gasteiger partial charge in [-0.15, -0.1) is 10.2 Å².